The summed E-state index contributed by atoms with van der Waals surface area (Å²) < 4.78 is 5.06. The normalized spacial score (nSPS) is 31.9. The quantitative estimate of drug-likeness (QED) is 0.438. The van der Waals surface area contributed by atoms with Gasteiger partial charge in [0.1, 0.15) is 0 Å². The Hall–Kier alpha value is -0.120. The first-order chi connectivity index (χ1) is 3.89. The molecule has 1 rings (SSSR count). The molecule has 0 bridgehead atoms. The van der Waals surface area contributed by atoms with Gasteiger partial charge in [0.15, 0.2) is 6.29 Å². The van der Waals surface area contributed by atoms with Gasteiger partial charge in [-0.1, -0.05) is 0 Å². The van der Waals surface area contributed by atoms with Gasteiger partial charge in [-0.05, 0) is 13.3 Å². The molecule has 0 radical (unpaired) electrons. The van der Waals surface area contributed by atoms with Gasteiger partial charge >= 0.3 is 0 Å². The average molecular weight is 118 g/mol. The molecule has 0 saturated carbocycles. The Kier molecular flexibility index (Phi) is 2.27. The molecule has 0 amide bonds. The van der Waals surface area contributed by atoms with E-state index in [9.17, 15) is 0 Å². The largest absolute Gasteiger partial charge is 0.350 e. The molecule has 0 aliphatic carbocycles. The number of hydrogen-bond donors (Lipinski definition) is 0. The van der Waals surface area contributed by atoms with E-state index in [0.717, 1.165) is 13.0 Å². The molecule has 1 aliphatic heterocycles. The zero-order valence-electron chi connectivity index (χ0n) is 4.92. The predicted octanol–water partition coefficient (Wildman–Crippen LogP) is 0.701. The van der Waals surface area contributed by atoms with Gasteiger partial charge in [-0.3, -0.25) is 0 Å². The average Bonchev–Trinajstić information content (AvgIpc) is 1.94. The van der Waals surface area contributed by atoms with Crippen molar-refractivity contribution < 1.29 is 14.5 Å². The fourth-order valence-electron chi connectivity index (χ4n) is 0.539. The molecule has 0 spiro atoms. The van der Waals surface area contributed by atoms with Crippen molar-refractivity contribution in [3.8, 4) is 0 Å². The summed E-state index contributed by atoms with van der Waals surface area (Å²) in [6.45, 7) is 3.19. The van der Waals surface area contributed by atoms with E-state index in [4.69, 9.17) is 4.74 Å². The van der Waals surface area contributed by atoms with Crippen LogP contribution in [0.2, 0.25) is 0 Å². The van der Waals surface area contributed by atoms with E-state index in [1.54, 1.807) is 0 Å². The zero-order chi connectivity index (χ0) is 5.82. The van der Waals surface area contributed by atoms with Crippen molar-refractivity contribution in [2.75, 3.05) is 13.2 Å². The molecular formula is C5H10O3. The second kappa shape index (κ2) is 3.02. The van der Waals surface area contributed by atoms with Crippen molar-refractivity contribution in [1.82, 2.24) is 0 Å². The van der Waals surface area contributed by atoms with Crippen LogP contribution < -0.4 is 0 Å². The summed E-state index contributed by atoms with van der Waals surface area (Å²) in [5.74, 6) is 0. The molecule has 1 saturated heterocycles. The first kappa shape index (κ1) is 6.01. The second-order valence-corrected chi connectivity index (χ2v) is 1.71. The van der Waals surface area contributed by atoms with Crippen molar-refractivity contribution in [2.45, 2.75) is 19.6 Å². The lowest BCUT2D eigenvalue weighted by atomic mass is 10.5. The second-order valence-electron chi connectivity index (χ2n) is 1.71. The summed E-state index contributed by atoms with van der Waals surface area (Å²) in [5.41, 5.74) is 0. The number of rotatable bonds is 0. The minimum Gasteiger partial charge on any atom is -0.350 e. The minimum absolute atomic E-state index is 0.197. The van der Waals surface area contributed by atoms with Crippen LogP contribution in [-0.2, 0) is 14.5 Å². The van der Waals surface area contributed by atoms with E-state index in [0.29, 0.717) is 6.61 Å². The first-order valence-electron chi connectivity index (χ1n) is 2.79. The highest BCUT2D eigenvalue weighted by atomic mass is 17.2. The molecule has 3 nitrogen and oxygen atoms in total. The Balaban J connectivity index is 2.17. The van der Waals surface area contributed by atoms with Gasteiger partial charge in [-0.15, -0.1) is 0 Å². The van der Waals surface area contributed by atoms with E-state index in [2.05, 4.69) is 9.78 Å². The van der Waals surface area contributed by atoms with Gasteiger partial charge in [0.25, 0.3) is 0 Å². The molecule has 0 aromatic heterocycles. The van der Waals surface area contributed by atoms with Crippen molar-refractivity contribution in [3.05, 3.63) is 0 Å². The van der Waals surface area contributed by atoms with Crippen LogP contribution in [0.15, 0.2) is 0 Å². The van der Waals surface area contributed by atoms with E-state index < -0.39 is 0 Å². The van der Waals surface area contributed by atoms with Gasteiger partial charge in [0, 0.05) is 0 Å². The highest BCUT2D eigenvalue weighted by Gasteiger charge is 2.06. The summed E-state index contributed by atoms with van der Waals surface area (Å²) >= 11 is 0. The molecule has 8 heavy (non-hydrogen) atoms. The van der Waals surface area contributed by atoms with Gasteiger partial charge in [-0.2, -0.15) is 0 Å². The lowest BCUT2D eigenvalue weighted by Crippen LogP contribution is -2.08. The van der Waals surface area contributed by atoms with Crippen molar-refractivity contribution in [2.24, 2.45) is 0 Å². The van der Waals surface area contributed by atoms with Crippen LogP contribution >= 0.6 is 0 Å². The smallest absolute Gasteiger partial charge is 0.188 e. The molecule has 0 N–H and O–H groups in total. The summed E-state index contributed by atoms with van der Waals surface area (Å²) in [7, 11) is 0. The fraction of sp³-hybridized carbons (Fsp3) is 1.00. The van der Waals surface area contributed by atoms with E-state index in [-0.39, 0.29) is 6.29 Å². The Bertz CT molecular complexity index is 56.7. The Morgan fingerprint density at radius 3 is 3.12 bits per heavy atom. The first-order valence-corrected chi connectivity index (χ1v) is 2.79. The van der Waals surface area contributed by atoms with Crippen LogP contribution in [0.25, 0.3) is 0 Å². The van der Waals surface area contributed by atoms with Crippen molar-refractivity contribution >= 4 is 0 Å². The molecule has 48 valence electrons. The molecular weight excluding hydrogens is 108 g/mol. The molecule has 1 unspecified atom stereocenters. The molecule has 1 fully saturated rings. The summed E-state index contributed by atoms with van der Waals surface area (Å²) in [4.78, 5) is 9.36. The third kappa shape index (κ3) is 1.78. The lowest BCUT2D eigenvalue weighted by molar-refractivity contribution is -0.357. The summed E-state index contributed by atoms with van der Waals surface area (Å²) in [5, 5.41) is 0. The van der Waals surface area contributed by atoms with E-state index in [1.165, 1.54) is 0 Å². The number of ether oxygens (including phenoxy) is 1. The number of hydrogen-bond acceptors (Lipinski definition) is 3. The van der Waals surface area contributed by atoms with Gasteiger partial charge in [0.05, 0.1) is 13.2 Å². The van der Waals surface area contributed by atoms with E-state index >= 15 is 0 Å². The Morgan fingerprint density at radius 1 is 1.38 bits per heavy atom. The molecule has 1 heterocycles. The highest BCUT2D eigenvalue weighted by molar-refractivity contribution is 4.36. The fourth-order valence-corrected chi connectivity index (χ4v) is 0.539. The van der Waals surface area contributed by atoms with Crippen LogP contribution in [0.1, 0.15) is 13.3 Å². The molecule has 0 aromatic carbocycles. The standard InChI is InChI=1S/C5H10O3/c1-5-6-3-2-4-7-8-5/h5H,2-4H2,1H3. The van der Waals surface area contributed by atoms with Crippen LogP contribution in [-0.4, -0.2) is 19.5 Å². The Morgan fingerprint density at radius 2 is 2.25 bits per heavy atom. The maximum Gasteiger partial charge on any atom is 0.188 e. The maximum atomic E-state index is 5.06. The van der Waals surface area contributed by atoms with Crippen LogP contribution in [0.4, 0.5) is 0 Å². The predicted molar refractivity (Wildman–Crippen MR) is 27.1 cm³/mol. The third-order valence-electron chi connectivity index (χ3n) is 0.928. The van der Waals surface area contributed by atoms with Crippen LogP contribution in [0, 0.1) is 0 Å². The maximum absolute atomic E-state index is 5.06. The van der Waals surface area contributed by atoms with Gasteiger partial charge in [-0.25, -0.2) is 9.78 Å². The zero-order valence-corrected chi connectivity index (χ0v) is 4.92. The van der Waals surface area contributed by atoms with Crippen LogP contribution in [0.5, 0.6) is 0 Å². The molecule has 0 aromatic rings. The minimum atomic E-state index is -0.197. The van der Waals surface area contributed by atoms with Crippen molar-refractivity contribution in [3.63, 3.8) is 0 Å². The SMILES string of the molecule is CC1OCCCOO1. The van der Waals surface area contributed by atoms with Crippen LogP contribution in [0.3, 0.4) is 0 Å². The third-order valence-corrected chi connectivity index (χ3v) is 0.928. The van der Waals surface area contributed by atoms with Gasteiger partial charge in [0.2, 0.25) is 0 Å². The lowest BCUT2D eigenvalue weighted by Gasteiger charge is -2.04. The van der Waals surface area contributed by atoms with Crippen molar-refractivity contribution in [1.29, 1.82) is 0 Å². The summed E-state index contributed by atoms with van der Waals surface area (Å²) in [6.07, 6.45) is 0.724. The highest BCUT2D eigenvalue weighted by Crippen LogP contribution is 2.00. The topological polar surface area (TPSA) is 27.7 Å². The molecule has 1 atom stereocenters. The Labute approximate surface area is 48.5 Å². The molecule has 1 aliphatic rings. The van der Waals surface area contributed by atoms with E-state index in [1.807, 2.05) is 6.92 Å². The molecule has 3 heteroatoms. The summed E-state index contributed by atoms with van der Waals surface area (Å²) in [6, 6.07) is 0. The monoisotopic (exact) mass is 118 g/mol. The van der Waals surface area contributed by atoms with Gasteiger partial charge < -0.3 is 4.74 Å².